The molecule has 196 valence electrons. The Kier molecular flexibility index (Phi) is 8.06. The predicted molar refractivity (Wildman–Crippen MR) is 119 cm³/mol. The summed E-state index contributed by atoms with van der Waals surface area (Å²) in [4.78, 5) is 18.8. The van der Waals surface area contributed by atoms with E-state index in [0.29, 0.717) is 32.1 Å². The van der Waals surface area contributed by atoms with Crippen LogP contribution in [0, 0.1) is 0 Å². The molecule has 9 nitrogen and oxygen atoms in total. The first-order valence-electron chi connectivity index (χ1n) is 11.7. The van der Waals surface area contributed by atoms with E-state index in [9.17, 15) is 22.2 Å². The molecule has 1 N–H and O–H groups in total. The van der Waals surface area contributed by atoms with Gasteiger partial charge in [-0.1, -0.05) is 0 Å². The number of halogens is 3. The first kappa shape index (κ1) is 26.0. The van der Waals surface area contributed by atoms with Crippen LogP contribution >= 0.6 is 0 Å². The number of ether oxygens (including phenoxy) is 4. The second-order valence-electron chi connectivity index (χ2n) is 9.09. The van der Waals surface area contributed by atoms with Gasteiger partial charge in [-0.2, -0.15) is 0 Å². The molecule has 1 aromatic heterocycles. The Bertz CT molecular complexity index is 928. The van der Waals surface area contributed by atoms with E-state index in [2.05, 4.69) is 14.4 Å². The van der Waals surface area contributed by atoms with Gasteiger partial charge in [0.1, 0.15) is 13.2 Å². The Hall–Kier alpha value is -2.12. The summed E-state index contributed by atoms with van der Waals surface area (Å²) in [6, 6.07) is 1.79. The van der Waals surface area contributed by atoms with Gasteiger partial charge in [-0.05, 0) is 45.1 Å². The molecule has 1 amide bonds. The number of carbonyl (C=O) groups excluding carboxylic acids is 1. The van der Waals surface area contributed by atoms with Crippen molar-refractivity contribution in [1.29, 1.82) is 0 Å². The zero-order chi connectivity index (χ0) is 25.2. The van der Waals surface area contributed by atoms with Gasteiger partial charge in [0, 0.05) is 30.3 Å². The summed E-state index contributed by atoms with van der Waals surface area (Å²) in [6.45, 7) is 2.05. The number of fused-ring (bicyclic) bond motifs is 7. The third kappa shape index (κ3) is 6.56. The zero-order valence-corrected chi connectivity index (χ0v) is 20.4. The van der Waals surface area contributed by atoms with Gasteiger partial charge in [-0.3, -0.25) is 4.90 Å². The number of amides is 1. The SMILES string of the molecule is CC1CC(NS(C)=O)C2COC3CCC(CC3)c3nc(ccc3OC(F)(F)F)OCCOC(=O)N12. The average molecular weight is 522 g/mol. The van der Waals surface area contributed by atoms with Crippen LogP contribution in [0.5, 0.6) is 11.6 Å². The highest BCUT2D eigenvalue weighted by Gasteiger charge is 2.44. The van der Waals surface area contributed by atoms with Crippen LogP contribution in [0.1, 0.15) is 50.6 Å². The summed E-state index contributed by atoms with van der Waals surface area (Å²) < 4.78 is 75.1. The molecule has 4 bridgehead atoms. The Balaban J connectivity index is 1.55. The second kappa shape index (κ2) is 10.9. The van der Waals surface area contributed by atoms with Crippen LogP contribution in [0.3, 0.4) is 0 Å². The van der Waals surface area contributed by atoms with Crippen molar-refractivity contribution in [2.75, 3.05) is 26.1 Å². The molecule has 35 heavy (non-hydrogen) atoms. The summed E-state index contributed by atoms with van der Waals surface area (Å²) >= 11 is 0. The predicted octanol–water partition coefficient (Wildman–Crippen LogP) is 3.27. The minimum absolute atomic E-state index is 0.0194. The van der Waals surface area contributed by atoms with Crippen LogP contribution in [0.2, 0.25) is 0 Å². The topological polar surface area (TPSA) is 99.2 Å². The van der Waals surface area contributed by atoms with Crippen molar-refractivity contribution in [3.8, 4) is 11.6 Å². The molecule has 4 unspecified atom stereocenters. The second-order valence-corrected chi connectivity index (χ2v) is 10.2. The van der Waals surface area contributed by atoms with Gasteiger partial charge in [0.2, 0.25) is 5.88 Å². The largest absolute Gasteiger partial charge is 0.573 e. The average Bonchev–Trinajstić information content (AvgIpc) is 3.08. The first-order valence-corrected chi connectivity index (χ1v) is 13.2. The van der Waals surface area contributed by atoms with E-state index in [4.69, 9.17) is 14.2 Å². The fraction of sp³-hybridized carbons (Fsp3) is 0.727. The molecule has 4 atom stereocenters. The van der Waals surface area contributed by atoms with Gasteiger partial charge in [-0.15, -0.1) is 13.2 Å². The number of pyridine rings is 1. The Morgan fingerprint density at radius 3 is 2.57 bits per heavy atom. The monoisotopic (exact) mass is 521 g/mol. The van der Waals surface area contributed by atoms with Crippen LogP contribution in [0.4, 0.5) is 18.0 Å². The quantitative estimate of drug-likeness (QED) is 0.652. The number of carbonyl (C=O) groups is 1. The lowest BCUT2D eigenvalue weighted by atomic mass is 9.84. The van der Waals surface area contributed by atoms with E-state index in [-0.39, 0.29) is 67.3 Å². The molecule has 0 radical (unpaired) electrons. The lowest BCUT2D eigenvalue weighted by Crippen LogP contribution is -2.50. The van der Waals surface area contributed by atoms with Gasteiger partial charge < -0.3 is 18.9 Å². The third-order valence-electron chi connectivity index (χ3n) is 6.63. The fourth-order valence-electron chi connectivity index (χ4n) is 5.13. The lowest BCUT2D eigenvalue weighted by Gasteiger charge is -2.33. The van der Waals surface area contributed by atoms with Crippen molar-refractivity contribution >= 4 is 17.1 Å². The highest BCUT2D eigenvalue weighted by molar-refractivity contribution is 7.82. The smallest absolute Gasteiger partial charge is 0.474 e. The molecule has 2 fully saturated rings. The Labute approximate surface area is 204 Å². The van der Waals surface area contributed by atoms with Crippen molar-refractivity contribution in [2.24, 2.45) is 0 Å². The van der Waals surface area contributed by atoms with Crippen LogP contribution in [0.15, 0.2) is 12.1 Å². The van der Waals surface area contributed by atoms with Gasteiger partial charge >= 0.3 is 12.5 Å². The number of hydrogen-bond acceptors (Lipinski definition) is 7. The summed E-state index contributed by atoms with van der Waals surface area (Å²) in [7, 11) is -1.27. The summed E-state index contributed by atoms with van der Waals surface area (Å²) in [5, 5.41) is 0. The summed E-state index contributed by atoms with van der Waals surface area (Å²) in [5.41, 5.74) is 0.202. The molecule has 4 aliphatic rings. The lowest BCUT2D eigenvalue weighted by molar-refractivity contribution is -0.275. The maximum Gasteiger partial charge on any atom is 0.573 e. The van der Waals surface area contributed by atoms with E-state index in [1.165, 1.54) is 12.1 Å². The minimum atomic E-state index is -4.83. The number of hydrogen-bond donors (Lipinski definition) is 1. The molecule has 1 aliphatic carbocycles. The molecule has 1 aromatic rings. The maximum atomic E-state index is 12.9. The number of nitrogens with one attached hydrogen (secondary N) is 1. The third-order valence-corrected chi connectivity index (χ3v) is 7.26. The van der Waals surface area contributed by atoms with Gasteiger partial charge in [0.05, 0.1) is 35.4 Å². The number of alkyl halides is 3. The van der Waals surface area contributed by atoms with E-state index < -0.39 is 23.4 Å². The van der Waals surface area contributed by atoms with E-state index in [0.717, 1.165) is 0 Å². The molecule has 3 aliphatic heterocycles. The van der Waals surface area contributed by atoms with E-state index in [1.807, 2.05) is 6.92 Å². The van der Waals surface area contributed by atoms with Crippen LogP contribution in [0.25, 0.3) is 0 Å². The van der Waals surface area contributed by atoms with Crippen molar-refractivity contribution in [3.63, 3.8) is 0 Å². The normalized spacial score (nSPS) is 30.8. The Morgan fingerprint density at radius 1 is 1.17 bits per heavy atom. The Morgan fingerprint density at radius 2 is 1.89 bits per heavy atom. The standard InChI is InChI=1S/C22H30F3N3O6S/c1-13-11-16(27-35(2)30)17-12-33-15-5-3-14(4-6-15)20-18(34-22(23,24)25)7-8-19(26-20)31-9-10-32-21(29)28(13)17/h7-8,13-17,27H,3-6,9-12H2,1-2H3. The molecule has 1 saturated carbocycles. The number of rotatable bonds is 3. The van der Waals surface area contributed by atoms with Crippen molar-refractivity contribution in [1.82, 2.24) is 14.6 Å². The molecular formula is C22H30F3N3O6S. The molecule has 0 aromatic carbocycles. The molecule has 0 spiro atoms. The highest BCUT2D eigenvalue weighted by Crippen LogP contribution is 2.40. The van der Waals surface area contributed by atoms with Gasteiger partial charge in [0.25, 0.3) is 0 Å². The molecule has 5 rings (SSSR count). The molecular weight excluding hydrogens is 491 g/mol. The van der Waals surface area contributed by atoms with Crippen LogP contribution in [-0.4, -0.2) is 76.9 Å². The van der Waals surface area contributed by atoms with Crippen LogP contribution in [-0.2, 0) is 20.5 Å². The highest BCUT2D eigenvalue weighted by atomic mass is 32.2. The summed E-state index contributed by atoms with van der Waals surface area (Å²) in [5.74, 6) is -0.432. The number of nitrogens with zero attached hydrogens (tertiary/aromatic N) is 2. The molecule has 13 heteroatoms. The van der Waals surface area contributed by atoms with Gasteiger partial charge in [0.15, 0.2) is 5.75 Å². The summed E-state index contributed by atoms with van der Waals surface area (Å²) in [6.07, 6.45) is -0.955. The minimum Gasteiger partial charge on any atom is -0.474 e. The fourth-order valence-corrected chi connectivity index (χ4v) is 5.80. The van der Waals surface area contributed by atoms with Crippen molar-refractivity contribution in [3.05, 3.63) is 17.8 Å². The zero-order valence-electron chi connectivity index (χ0n) is 19.6. The van der Waals surface area contributed by atoms with Crippen molar-refractivity contribution < 1.29 is 41.1 Å². The van der Waals surface area contributed by atoms with Crippen LogP contribution < -0.4 is 14.2 Å². The first-order chi connectivity index (χ1) is 16.6. The number of aromatic nitrogens is 1. The molecule has 4 heterocycles. The maximum absolute atomic E-state index is 12.9. The van der Waals surface area contributed by atoms with Gasteiger partial charge in [-0.25, -0.2) is 18.7 Å². The molecule has 1 saturated heterocycles. The van der Waals surface area contributed by atoms with E-state index >= 15 is 0 Å². The van der Waals surface area contributed by atoms with Crippen molar-refractivity contribution in [2.45, 2.75) is 75.5 Å². The van der Waals surface area contributed by atoms with E-state index in [1.54, 1.807) is 11.2 Å².